The van der Waals surface area contributed by atoms with Crippen molar-refractivity contribution in [2.24, 2.45) is 0 Å². The molecule has 0 aromatic heterocycles. The van der Waals surface area contributed by atoms with Crippen LogP contribution in [0.5, 0.6) is 23.0 Å². The Labute approximate surface area is 329 Å². The molecule has 5 aromatic rings. The van der Waals surface area contributed by atoms with Gasteiger partial charge in [-0.2, -0.15) is 52.7 Å². The average Bonchev–Trinajstić information content (AvgIpc) is 3.64. The van der Waals surface area contributed by atoms with Crippen molar-refractivity contribution in [3.8, 4) is 56.4 Å². The molecule has 0 saturated heterocycles. The number of fused-ring (bicyclic) bond motifs is 1. The van der Waals surface area contributed by atoms with Crippen LogP contribution in [-0.4, -0.2) is 55.9 Å². The molecule has 2 N–H and O–H groups in total. The van der Waals surface area contributed by atoms with Crippen molar-refractivity contribution >= 4 is 15.9 Å². The first-order chi connectivity index (χ1) is 26.9. The van der Waals surface area contributed by atoms with Crippen LogP contribution < -0.4 is 18.9 Å². The van der Waals surface area contributed by atoms with Gasteiger partial charge in [-0.05, 0) is 75.8 Å². The monoisotopic (exact) mass is 898 g/mol. The molecule has 6 rings (SSSR count). The first-order valence-corrected chi connectivity index (χ1v) is 17.0. The van der Waals surface area contributed by atoms with Gasteiger partial charge in [-0.15, -0.1) is 0 Å². The molecular weight excluding hydrogens is 872 g/mol. The Kier molecular flexibility index (Phi) is 12.1. The lowest BCUT2D eigenvalue weighted by Gasteiger charge is -2.32. The Balaban J connectivity index is 0.000000230. The quantitative estimate of drug-likeness (QED) is 0.159. The van der Waals surface area contributed by atoms with E-state index in [1.807, 2.05) is 0 Å². The van der Waals surface area contributed by atoms with E-state index in [-0.39, 0.29) is 6.79 Å². The zero-order chi connectivity index (χ0) is 43.1. The van der Waals surface area contributed by atoms with Crippen molar-refractivity contribution in [1.82, 2.24) is 0 Å². The third-order valence-electron chi connectivity index (χ3n) is 8.95. The Morgan fingerprint density at radius 3 is 1.31 bits per heavy atom. The maximum atomic E-state index is 13.2. The summed E-state index contributed by atoms with van der Waals surface area (Å²) in [7, 11) is 2.85. The molecule has 0 saturated carbocycles. The first kappa shape index (κ1) is 44.0. The number of hydrogen-bond acceptors (Lipinski definition) is 6. The number of aliphatic hydroxyl groups is 2. The standard InChI is InChI=1S/C23H16F6O4.C16H11BrF6O2/c1-31-16-7-8-17(14-4-9-19-20(10-14)33-12-32-19)18(11-16)13-2-5-15(6-3-13)21(30,22(24,25)26)23(27,28)29;1-25-11-6-7-13(17)12(8-11)9-2-4-10(5-3-9)14(24,15(18,19)20)16(21,22)23/h2-11,30H,12H2,1H3;2-8,24H,1H3. The summed E-state index contributed by atoms with van der Waals surface area (Å²) in [6.45, 7) is 0.0665. The lowest BCUT2D eigenvalue weighted by atomic mass is 9.89. The largest absolute Gasteiger partial charge is 0.497 e. The second-order valence-electron chi connectivity index (χ2n) is 12.4. The van der Waals surface area contributed by atoms with Crippen molar-refractivity contribution < 1.29 is 81.8 Å². The summed E-state index contributed by atoms with van der Waals surface area (Å²) in [6.07, 6.45) is -23.7. The Morgan fingerprint density at radius 1 is 0.466 bits per heavy atom. The topological polar surface area (TPSA) is 77.4 Å². The van der Waals surface area contributed by atoms with Gasteiger partial charge in [-0.25, -0.2) is 0 Å². The molecule has 0 atom stereocenters. The van der Waals surface area contributed by atoms with Gasteiger partial charge in [-0.3, -0.25) is 0 Å². The second kappa shape index (κ2) is 15.9. The van der Waals surface area contributed by atoms with Crippen LogP contribution >= 0.6 is 15.9 Å². The molecule has 0 aliphatic carbocycles. The fraction of sp³-hybridized carbons (Fsp3) is 0.231. The minimum atomic E-state index is -5.96. The molecular formula is C39H27BrF12O6. The van der Waals surface area contributed by atoms with Crippen LogP contribution in [0.25, 0.3) is 33.4 Å². The van der Waals surface area contributed by atoms with Gasteiger partial charge in [-0.1, -0.05) is 76.6 Å². The van der Waals surface area contributed by atoms with Crippen LogP contribution in [-0.2, 0) is 11.2 Å². The van der Waals surface area contributed by atoms with Crippen LogP contribution in [0.1, 0.15) is 11.1 Å². The number of ether oxygens (including phenoxy) is 4. The van der Waals surface area contributed by atoms with Crippen molar-refractivity contribution in [3.63, 3.8) is 0 Å². The summed E-state index contributed by atoms with van der Waals surface area (Å²) < 4.78 is 178. The fourth-order valence-corrected chi connectivity index (χ4v) is 6.29. The summed E-state index contributed by atoms with van der Waals surface area (Å²) in [5.41, 5.74) is -9.60. The predicted octanol–water partition coefficient (Wildman–Crippen LogP) is 11.5. The van der Waals surface area contributed by atoms with Gasteiger partial charge in [0.2, 0.25) is 6.79 Å². The molecule has 1 aliphatic rings. The average molecular weight is 900 g/mol. The van der Waals surface area contributed by atoms with Crippen molar-refractivity contribution in [2.75, 3.05) is 21.0 Å². The van der Waals surface area contributed by atoms with E-state index in [2.05, 4.69) is 15.9 Å². The van der Waals surface area contributed by atoms with Gasteiger partial charge in [0.1, 0.15) is 11.5 Å². The first-order valence-electron chi connectivity index (χ1n) is 16.2. The molecule has 0 spiro atoms. The number of halogens is 13. The SMILES string of the molecule is COc1ccc(-c2ccc3c(c2)OCO3)c(-c2ccc(C(O)(C(F)(F)F)C(F)(F)F)cc2)c1.COc1ccc(Br)c(-c2ccc(C(O)(C(F)(F)F)C(F)(F)F)cc2)c1. The minimum Gasteiger partial charge on any atom is -0.497 e. The third kappa shape index (κ3) is 8.24. The van der Waals surface area contributed by atoms with E-state index >= 15 is 0 Å². The summed E-state index contributed by atoms with van der Waals surface area (Å²) in [5.74, 6) is 1.95. The normalized spacial score (nSPS) is 13.5. The third-order valence-corrected chi connectivity index (χ3v) is 9.64. The van der Waals surface area contributed by atoms with Gasteiger partial charge in [0, 0.05) is 15.6 Å². The number of hydrogen-bond donors (Lipinski definition) is 2. The van der Waals surface area contributed by atoms with Crippen molar-refractivity contribution in [1.29, 1.82) is 0 Å². The highest BCUT2D eigenvalue weighted by Gasteiger charge is 2.72. The molecule has 5 aromatic carbocycles. The molecule has 0 radical (unpaired) electrons. The van der Waals surface area contributed by atoms with Gasteiger partial charge in [0.05, 0.1) is 14.2 Å². The van der Waals surface area contributed by atoms with E-state index in [1.165, 1.54) is 14.2 Å². The Bertz CT molecular complexity index is 2210. The van der Waals surface area contributed by atoms with Crippen molar-refractivity contribution in [3.05, 3.63) is 119 Å². The van der Waals surface area contributed by atoms with E-state index in [1.54, 1.807) is 54.6 Å². The molecule has 1 aliphatic heterocycles. The summed E-state index contributed by atoms with van der Waals surface area (Å²) in [6, 6.07) is 21.7. The Morgan fingerprint density at radius 2 is 0.862 bits per heavy atom. The Hall–Kier alpha value is -5.14. The van der Waals surface area contributed by atoms with Gasteiger partial charge < -0.3 is 29.2 Å². The molecule has 19 heteroatoms. The predicted molar refractivity (Wildman–Crippen MR) is 188 cm³/mol. The number of benzene rings is 5. The van der Waals surface area contributed by atoms with Crippen LogP contribution in [0.3, 0.4) is 0 Å². The maximum absolute atomic E-state index is 13.2. The molecule has 6 nitrogen and oxygen atoms in total. The van der Waals surface area contributed by atoms with Gasteiger partial charge in [0.25, 0.3) is 11.2 Å². The molecule has 0 unspecified atom stereocenters. The van der Waals surface area contributed by atoms with E-state index in [9.17, 15) is 62.9 Å². The highest BCUT2D eigenvalue weighted by atomic mass is 79.9. The summed E-state index contributed by atoms with van der Waals surface area (Å²) in [5, 5.41) is 19.0. The number of alkyl halides is 12. The van der Waals surface area contributed by atoms with Crippen LogP contribution in [0.4, 0.5) is 52.7 Å². The number of methoxy groups -OCH3 is 2. The lowest BCUT2D eigenvalue weighted by molar-refractivity contribution is -0.376. The molecule has 0 amide bonds. The highest BCUT2D eigenvalue weighted by Crippen LogP contribution is 2.52. The maximum Gasteiger partial charge on any atom is 0.430 e. The van der Waals surface area contributed by atoms with Gasteiger partial charge in [0.15, 0.2) is 11.5 Å². The van der Waals surface area contributed by atoms with E-state index in [4.69, 9.17) is 18.9 Å². The highest BCUT2D eigenvalue weighted by molar-refractivity contribution is 9.10. The van der Waals surface area contributed by atoms with E-state index in [0.29, 0.717) is 85.1 Å². The molecule has 1 heterocycles. The summed E-state index contributed by atoms with van der Waals surface area (Å²) >= 11 is 3.25. The van der Waals surface area contributed by atoms with E-state index < -0.39 is 47.0 Å². The van der Waals surface area contributed by atoms with Gasteiger partial charge >= 0.3 is 24.7 Å². The zero-order valence-corrected chi connectivity index (χ0v) is 31.0. The molecule has 0 fully saturated rings. The van der Waals surface area contributed by atoms with Crippen LogP contribution in [0.15, 0.2) is 108 Å². The number of rotatable bonds is 7. The van der Waals surface area contributed by atoms with E-state index in [0.717, 1.165) is 24.3 Å². The zero-order valence-electron chi connectivity index (χ0n) is 29.5. The fourth-order valence-electron chi connectivity index (χ4n) is 5.82. The lowest BCUT2D eigenvalue weighted by Crippen LogP contribution is -2.53. The molecule has 58 heavy (non-hydrogen) atoms. The minimum absolute atomic E-state index is 0.0665. The second-order valence-corrected chi connectivity index (χ2v) is 13.2. The van der Waals surface area contributed by atoms with Crippen LogP contribution in [0.2, 0.25) is 0 Å². The van der Waals surface area contributed by atoms with Crippen LogP contribution in [0, 0.1) is 0 Å². The smallest absolute Gasteiger partial charge is 0.430 e. The summed E-state index contributed by atoms with van der Waals surface area (Å²) in [4.78, 5) is 0. The van der Waals surface area contributed by atoms with Crippen molar-refractivity contribution in [2.45, 2.75) is 35.9 Å². The molecule has 0 bridgehead atoms. The molecule has 310 valence electrons.